The molecule has 5 N–H and O–H groups in total. The molecule has 7 aromatic carbocycles. The largest absolute Gasteiger partial charge is 0.321 e. The van der Waals surface area contributed by atoms with Gasteiger partial charge in [-0.1, -0.05) is 66.7 Å². The highest BCUT2D eigenvalue weighted by molar-refractivity contribution is 7.92. The average Bonchev–Trinajstić information content (AvgIpc) is 3.13. The second-order valence-electron chi connectivity index (χ2n) is 12.1. The molecule has 2 amide bonds. The molecule has 0 atom stereocenters. The standard InChI is InChI=1S/C38H27N3O10S3/c42-37(39-35-9-3-7-25-21-31(53(46,47)48)13-15-33(25)35)27-17-28(38(43)40-36-10-4-8-26-22-32(54(49,50)51)14-16-34(26)36)19-29(18-27)41-52(44,45)30-12-11-23-5-1-2-6-24(23)20-30/h1-22,41H,(H,39,42)(H,40,43)(H,46,47,48)(H,49,50,51). The van der Waals surface area contributed by atoms with Crippen LogP contribution in [0.4, 0.5) is 17.1 Å². The van der Waals surface area contributed by atoms with Crippen molar-refractivity contribution >= 4 is 91.5 Å². The van der Waals surface area contributed by atoms with Gasteiger partial charge < -0.3 is 10.6 Å². The fraction of sp³-hybridized carbons (Fsp3) is 0. The Morgan fingerprint density at radius 3 is 1.39 bits per heavy atom. The molecule has 0 radical (unpaired) electrons. The Hall–Kier alpha value is -6.17. The number of hydrogen-bond donors (Lipinski definition) is 5. The lowest BCUT2D eigenvalue weighted by molar-refractivity contribution is 0.102. The molecule has 7 aromatic rings. The van der Waals surface area contributed by atoms with Gasteiger partial charge in [-0.05, 0) is 88.3 Å². The minimum atomic E-state index is -4.50. The van der Waals surface area contributed by atoms with Crippen LogP contribution in [0.2, 0.25) is 0 Å². The summed E-state index contributed by atoms with van der Waals surface area (Å²) in [5.41, 5.74) is 0.148. The van der Waals surface area contributed by atoms with Crippen LogP contribution in [0.15, 0.2) is 148 Å². The number of hydrogen-bond acceptors (Lipinski definition) is 8. The summed E-state index contributed by atoms with van der Waals surface area (Å²) in [6.45, 7) is 0. The number of sulfonamides is 1. The molecule has 0 aliphatic rings. The first-order valence-corrected chi connectivity index (χ1v) is 20.2. The van der Waals surface area contributed by atoms with Gasteiger partial charge >= 0.3 is 0 Å². The Bertz CT molecular complexity index is 2890. The number of nitrogens with one attached hydrogen (secondary N) is 3. The van der Waals surface area contributed by atoms with Crippen molar-refractivity contribution in [2.45, 2.75) is 14.7 Å². The van der Waals surface area contributed by atoms with Gasteiger partial charge in [0.25, 0.3) is 42.1 Å². The van der Waals surface area contributed by atoms with Crippen LogP contribution >= 0.6 is 0 Å². The Morgan fingerprint density at radius 2 is 0.889 bits per heavy atom. The summed E-state index contributed by atoms with van der Waals surface area (Å²) in [5, 5.41) is 8.58. The maximum Gasteiger partial charge on any atom is 0.294 e. The smallest absolute Gasteiger partial charge is 0.294 e. The quantitative estimate of drug-likeness (QED) is 0.0951. The number of anilines is 3. The maximum atomic E-state index is 13.8. The van der Waals surface area contributed by atoms with Gasteiger partial charge in [0.2, 0.25) is 0 Å². The molecular formula is C38H27N3O10S3. The van der Waals surface area contributed by atoms with Gasteiger partial charge in [-0.15, -0.1) is 0 Å². The lowest BCUT2D eigenvalue weighted by Gasteiger charge is -2.15. The third-order valence-corrected chi connectivity index (χ3v) is 11.6. The summed E-state index contributed by atoms with van der Waals surface area (Å²) in [5.74, 6) is -1.49. The number of amides is 2. The van der Waals surface area contributed by atoms with E-state index in [1.807, 2.05) is 12.1 Å². The van der Waals surface area contributed by atoms with Crippen LogP contribution in [0.3, 0.4) is 0 Å². The summed E-state index contributed by atoms with van der Waals surface area (Å²) >= 11 is 0. The summed E-state index contributed by atoms with van der Waals surface area (Å²) in [6.07, 6.45) is 0. The zero-order valence-electron chi connectivity index (χ0n) is 27.6. The molecular weight excluding hydrogens is 755 g/mol. The normalized spacial score (nSPS) is 12.1. The van der Waals surface area contributed by atoms with Crippen LogP contribution < -0.4 is 15.4 Å². The molecule has 0 aliphatic heterocycles. The fourth-order valence-electron chi connectivity index (χ4n) is 5.95. The van der Waals surface area contributed by atoms with Crippen molar-refractivity contribution in [1.29, 1.82) is 0 Å². The maximum absolute atomic E-state index is 13.8. The van der Waals surface area contributed by atoms with E-state index in [9.17, 15) is 43.9 Å². The van der Waals surface area contributed by atoms with Crippen molar-refractivity contribution in [3.05, 3.63) is 145 Å². The molecule has 0 aromatic heterocycles. The van der Waals surface area contributed by atoms with Gasteiger partial charge in [-0.3, -0.25) is 23.4 Å². The molecule has 54 heavy (non-hydrogen) atoms. The Kier molecular flexibility index (Phi) is 9.16. The summed E-state index contributed by atoms with van der Waals surface area (Å²) in [6, 6.07) is 32.5. The molecule has 0 bridgehead atoms. The molecule has 0 spiro atoms. The molecule has 0 aliphatic carbocycles. The topological polar surface area (TPSA) is 213 Å². The van der Waals surface area contributed by atoms with Crippen LogP contribution in [0, 0.1) is 0 Å². The zero-order valence-corrected chi connectivity index (χ0v) is 30.0. The first-order chi connectivity index (χ1) is 25.5. The van der Waals surface area contributed by atoms with Crippen LogP contribution in [0.1, 0.15) is 20.7 Å². The second-order valence-corrected chi connectivity index (χ2v) is 16.7. The van der Waals surface area contributed by atoms with E-state index < -0.39 is 42.1 Å². The van der Waals surface area contributed by atoms with Gasteiger partial charge in [0.1, 0.15) is 0 Å². The van der Waals surface area contributed by atoms with Crippen molar-refractivity contribution in [3.63, 3.8) is 0 Å². The van der Waals surface area contributed by atoms with E-state index in [1.165, 1.54) is 66.7 Å². The minimum absolute atomic E-state index is 0.0675. The van der Waals surface area contributed by atoms with Gasteiger partial charge in [0.05, 0.1) is 20.4 Å². The van der Waals surface area contributed by atoms with Gasteiger partial charge in [-0.2, -0.15) is 16.8 Å². The molecule has 13 nitrogen and oxygen atoms in total. The molecule has 272 valence electrons. The zero-order chi connectivity index (χ0) is 38.4. The lowest BCUT2D eigenvalue weighted by Crippen LogP contribution is -2.18. The first-order valence-electron chi connectivity index (χ1n) is 15.9. The molecule has 7 rings (SSSR count). The predicted octanol–water partition coefficient (Wildman–Crippen LogP) is 6.95. The number of benzene rings is 7. The van der Waals surface area contributed by atoms with E-state index in [2.05, 4.69) is 15.4 Å². The minimum Gasteiger partial charge on any atom is -0.321 e. The molecule has 0 saturated carbocycles. The molecule has 0 fully saturated rings. The number of rotatable bonds is 9. The number of carbonyl (C=O) groups excluding carboxylic acids is 2. The summed E-state index contributed by atoms with van der Waals surface area (Å²) in [4.78, 5) is 26.9. The first kappa shape index (κ1) is 36.2. The molecule has 0 unspecified atom stereocenters. The van der Waals surface area contributed by atoms with Crippen LogP contribution in [0.5, 0.6) is 0 Å². The number of carbonyl (C=O) groups is 2. The van der Waals surface area contributed by atoms with E-state index >= 15 is 0 Å². The van der Waals surface area contributed by atoms with E-state index in [0.717, 1.165) is 5.39 Å². The van der Waals surface area contributed by atoms with Gasteiger partial charge in [-0.25, -0.2) is 8.42 Å². The number of fused-ring (bicyclic) bond motifs is 3. The third-order valence-electron chi connectivity index (χ3n) is 8.54. The molecule has 0 heterocycles. The van der Waals surface area contributed by atoms with E-state index in [1.54, 1.807) is 54.6 Å². The molecule has 16 heteroatoms. The highest BCUT2D eigenvalue weighted by atomic mass is 32.2. The van der Waals surface area contributed by atoms with E-state index in [4.69, 9.17) is 0 Å². The lowest BCUT2D eigenvalue weighted by atomic mass is 10.1. The summed E-state index contributed by atoms with van der Waals surface area (Å²) in [7, 11) is -13.2. The second kappa shape index (κ2) is 13.7. The van der Waals surface area contributed by atoms with Crippen molar-refractivity contribution < 1.29 is 43.9 Å². The Labute approximate surface area is 308 Å². The van der Waals surface area contributed by atoms with Crippen LogP contribution in [-0.2, 0) is 30.3 Å². The Morgan fingerprint density at radius 1 is 0.444 bits per heavy atom. The highest BCUT2D eigenvalue weighted by Gasteiger charge is 2.21. The average molecular weight is 782 g/mol. The monoisotopic (exact) mass is 781 g/mol. The van der Waals surface area contributed by atoms with Crippen LogP contribution in [0.25, 0.3) is 32.3 Å². The molecule has 0 saturated heterocycles. The van der Waals surface area contributed by atoms with Crippen molar-refractivity contribution in [2.75, 3.05) is 15.4 Å². The van der Waals surface area contributed by atoms with Crippen LogP contribution in [-0.4, -0.2) is 46.2 Å². The SMILES string of the molecule is O=C(Nc1cccc2cc(S(=O)(=O)O)ccc12)c1cc(NS(=O)(=O)c2ccc3ccccc3c2)cc(C(=O)Nc2cccc3cc(S(=O)(=O)O)ccc23)c1. The van der Waals surface area contributed by atoms with Gasteiger partial charge in [0, 0.05) is 33.3 Å². The van der Waals surface area contributed by atoms with Gasteiger partial charge in [0.15, 0.2) is 0 Å². The van der Waals surface area contributed by atoms with E-state index in [0.29, 0.717) is 26.9 Å². The predicted molar refractivity (Wildman–Crippen MR) is 205 cm³/mol. The highest BCUT2D eigenvalue weighted by Crippen LogP contribution is 2.30. The Balaban J connectivity index is 1.26. The van der Waals surface area contributed by atoms with Crippen molar-refractivity contribution in [1.82, 2.24) is 0 Å². The van der Waals surface area contributed by atoms with Crippen molar-refractivity contribution in [3.8, 4) is 0 Å². The summed E-state index contributed by atoms with van der Waals surface area (Å²) < 4.78 is 95.5. The third kappa shape index (κ3) is 7.50. The fourth-order valence-corrected chi connectivity index (χ4v) is 8.06. The van der Waals surface area contributed by atoms with Crippen molar-refractivity contribution in [2.24, 2.45) is 0 Å². The van der Waals surface area contributed by atoms with E-state index in [-0.39, 0.29) is 42.9 Å².